The van der Waals surface area contributed by atoms with Crippen molar-refractivity contribution >= 4 is 23.1 Å². The first kappa shape index (κ1) is 17.6. The van der Waals surface area contributed by atoms with Crippen molar-refractivity contribution in [3.63, 3.8) is 0 Å². The minimum absolute atomic E-state index is 0.203. The molecule has 124 valence electrons. The van der Waals surface area contributed by atoms with Crippen LogP contribution in [0.5, 0.6) is 0 Å². The molecule has 0 fully saturated rings. The third kappa shape index (κ3) is 4.84. The first-order valence-electron chi connectivity index (χ1n) is 7.86. The summed E-state index contributed by atoms with van der Waals surface area (Å²) in [5, 5.41) is 5.69. The highest BCUT2D eigenvalue weighted by atomic mass is 32.1. The summed E-state index contributed by atoms with van der Waals surface area (Å²) in [7, 11) is 0. The van der Waals surface area contributed by atoms with Gasteiger partial charge in [0.05, 0.1) is 11.7 Å². The molecule has 2 heterocycles. The molecule has 3 N–H and O–H groups in total. The van der Waals surface area contributed by atoms with Crippen LogP contribution in [-0.2, 0) is 4.79 Å². The van der Waals surface area contributed by atoms with E-state index >= 15 is 0 Å². The first-order chi connectivity index (χ1) is 10.9. The predicted molar refractivity (Wildman–Crippen MR) is 95.5 cm³/mol. The summed E-state index contributed by atoms with van der Waals surface area (Å²) in [4.78, 5) is 21.2. The van der Waals surface area contributed by atoms with Crippen molar-refractivity contribution in [1.29, 1.82) is 0 Å². The van der Waals surface area contributed by atoms with Gasteiger partial charge < -0.3 is 11.1 Å². The summed E-state index contributed by atoms with van der Waals surface area (Å²) < 4.78 is 0. The van der Waals surface area contributed by atoms with Gasteiger partial charge in [-0.05, 0) is 30.4 Å². The van der Waals surface area contributed by atoms with E-state index in [0.29, 0.717) is 24.1 Å². The molecule has 0 aliphatic rings. The minimum Gasteiger partial charge on any atom is -0.320 e. The lowest BCUT2D eigenvalue weighted by Crippen LogP contribution is -2.36. The average molecular weight is 332 g/mol. The molecule has 0 saturated carbocycles. The second-order valence-corrected chi connectivity index (χ2v) is 7.22. The number of hydrogen-bond donors (Lipinski definition) is 2. The molecule has 0 saturated heterocycles. The highest BCUT2D eigenvalue weighted by molar-refractivity contribution is 7.13. The number of rotatable bonds is 6. The molecule has 2 aromatic rings. The summed E-state index contributed by atoms with van der Waals surface area (Å²) >= 11 is 1.56. The summed E-state index contributed by atoms with van der Waals surface area (Å²) in [5.41, 5.74) is 7.72. The molecule has 0 bridgehead atoms. The van der Waals surface area contributed by atoms with E-state index in [2.05, 4.69) is 29.1 Å². The monoisotopic (exact) mass is 332 g/mol. The molecular formula is C17H24N4OS. The van der Waals surface area contributed by atoms with Crippen LogP contribution in [0.3, 0.4) is 0 Å². The third-order valence-electron chi connectivity index (χ3n) is 3.40. The fraction of sp³-hybridized carbons (Fsp3) is 0.471. The Morgan fingerprint density at radius 2 is 2.00 bits per heavy atom. The van der Waals surface area contributed by atoms with Crippen molar-refractivity contribution in [3.8, 4) is 10.7 Å². The Kier molecular flexibility index (Phi) is 5.85. The van der Waals surface area contributed by atoms with E-state index in [9.17, 15) is 4.79 Å². The van der Waals surface area contributed by atoms with Crippen molar-refractivity contribution in [1.82, 2.24) is 9.97 Å². The van der Waals surface area contributed by atoms with Gasteiger partial charge in [0.15, 0.2) is 0 Å². The van der Waals surface area contributed by atoms with E-state index in [0.717, 1.165) is 16.4 Å². The van der Waals surface area contributed by atoms with Crippen LogP contribution in [0.15, 0.2) is 23.6 Å². The van der Waals surface area contributed by atoms with Gasteiger partial charge in [0.1, 0.15) is 16.5 Å². The SMILES string of the molecule is CC(C)C[C@H](N)C(=O)Nc1cccc(-c2nc(C(C)C)cs2)n1. The number of anilines is 1. The van der Waals surface area contributed by atoms with E-state index in [1.807, 2.05) is 31.4 Å². The van der Waals surface area contributed by atoms with Crippen molar-refractivity contribution in [2.24, 2.45) is 11.7 Å². The zero-order chi connectivity index (χ0) is 17.0. The number of carbonyl (C=O) groups excluding carboxylic acids is 1. The van der Waals surface area contributed by atoms with E-state index < -0.39 is 6.04 Å². The van der Waals surface area contributed by atoms with E-state index in [1.54, 1.807) is 17.4 Å². The van der Waals surface area contributed by atoms with E-state index in [1.165, 1.54) is 0 Å². The molecule has 1 atom stereocenters. The zero-order valence-electron chi connectivity index (χ0n) is 14.0. The Hall–Kier alpha value is -1.79. The highest BCUT2D eigenvalue weighted by Gasteiger charge is 2.16. The molecule has 6 heteroatoms. The topological polar surface area (TPSA) is 80.9 Å². The number of nitrogens with two attached hydrogens (primary N) is 1. The standard InChI is InChI=1S/C17H24N4OS/c1-10(2)8-12(18)16(22)21-15-7-5-6-13(19-15)17-20-14(9-23-17)11(3)4/h5-7,9-12H,8,18H2,1-4H3,(H,19,21,22)/t12-/m0/s1. The number of amides is 1. The normalized spacial score (nSPS) is 12.7. The van der Waals surface area contributed by atoms with Gasteiger partial charge in [-0.2, -0.15) is 0 Å². The zero-order valence-corrected chi connectivity index (χ0v) is 14.9. The van der Waals surface area contributed by atoms with Crippen molar-refractivity contribution < 1.29 is 4.79 Å². The molecule has 0 radical (unpaired) electrons. The molecule has 2 rings (SSSR count). The van der Waals surface area contributed by atoms with Crippen molar-refractivity contribution in [3.05, 3.63) is 29.3 Å². The van der Waals surface area contributed by atoms with Gasteiger partial charge in [0.25, 0.3) is 0 Å². The number of nitrogens with zero attached hydrogens (tertiary/aromatic N) is 2. The van der Waals surface area contributed by atoms with Crippen LogP contribution in [0, 0.1) is 5.92 Å². The second-order valence-electron chi connectivity index (χ2n) is 6.37. The molecule has 0 aliphatic carbocycles. The maximum absolute atomic E-state index is 12.1. The third-order valence-corrected chi connectivity index (χ3v) is 4.28. The highest BCUT2D eigenvalue weighted by Crippen LogP contribution is 2.26. The summed E-state index contributed by atoms with van der Waals surface area (Å²) in [6.07, 6.45) is 0.649. The van der Waals surface area contributed by atoms with Gasteiger partial charge in [-0.25, -0.2) is 9.97 Å². The molecule has 5 nitrogen and oxygen atoms in total. The van der Waals surface area contributed by atoms with Gasteiger partial charge in [-0.3, -0.25) is 4.79 Å². The fourth-order valence-electron chi connectivity index (χ4n) is 2.13. The van der Waals surface area contributed by atoms with Crippen LogP contribution in [0.4, 0.5) is 5.82 Å². The molecular weight excluding hydrogens is 308 g/mol. The number of carbonyl (C=O) groups is 1. The van der Waals surface area contributed by atoms with E-state index in [-0.39, 0.29) is 5.91 Å². The predicted octanol–water partition coefficient (Wildman–Crippen LogP) is 3.64. The van der Waals surface area contributed by atoms with Crippen molar-refractivity contribution in [2.75, 3.05) is 5.32 Å². The molecule has 0 aromatic carbocycles. The number of pyridine rings is 1. The summed E-state index contributed by atoms with van der Waals surface area (Å²) in [6.45, 7) is 8.31. The molecule has 1 amide bonds. The maximum atomic E-state index is 12.1. The Morgan fingerprint density at radius 3 is 2.61 bits per heavy atom. The number of aromatic nitrogens is 2. The Bertz CT molecular complexity index is 666. The van der Waals surface area contributed by atoms with Gasteiger partial charge in [0, 0.05) is 5.38 Å². The lowest BCUT2D eigenvalue weighted by atomic mass is 10.0. The number of thiazole rings is 1. The Labute approximate surface area is 141 Å². The summed E-state index contributed by atoms with van der Waals surface area (Å²) in [5.74, 6) is 1.06. The van der Waals surface area contributed by atoms with Gasteiger partial charge in [-0.15, -0.1) is 11.3 Å². The van der Waals surface area contributed by atoms with Gasteiger partial charge in [0.2, 0.25) is 5.91 Å². The van der Waals surface area contributed by atoms with Crippen LogP contribution < -0.4 is 11.1 Å². The summed E-state index contributed by atoms with van der Waals surface area (Å²) in [6, 6.07) is 5.00. The smallest absolute Gasteiger partial charge is 0.242 e. The average Bonchev–Trinajstić information content (AvgIpc) is 2.97. The largest absolute Gasteiger partial charge is 0.320 e. The van der Waals surface area contributed by atoms with Gasteiger partial charge >= 0.3 is 0 Å². The molecule has 23 heavy (non-hydrogen) atoms. The first-order valence-corrected chi connectivity index (χ1v) is 8.74. The van der Waals surface area contributed by atoms with Crippen LogP contribution in [0.1, 0.15) is 45.7 Å². The number of nitrogens with one attached hydrogen (secondary N) is 1. The molecule has 2 aromatic heterocycles. The quantitative estimate of drug-likeness (QED) is 0.846. The minimum atomic E-state index is -0.520. The van der Waals surface area contributed by atoms with Crippen LogP contribution in [0.25, 0.3) is 10.7 Å². The van der Waals surface area contributed by atoms with Crippen LogP contribution in [0.2, 0.25) is 0 Å². The fourth-order valence-corrected chi connectivity index (χ4v) is 3.08. The van der Waals surface area contributed by atoms with Crippen molar-refractivity contribution in [2.45, 2.75) is 46.1 Å². The van der Waals surface area contributed by atoms with E-state index in [4.69, 9.17) is 5.73 Å². The van der Waals surface area contributed by atoms with Crippen LogP contribution >= 0.6 is 11.3 Å². The number of hydrogen-bond acceptors (Lipinski definition) is 5. The lowest BCUT2D eigenvalue weighted by molar-refractivity contribution is -0.117. The Morgan fingerprint density at radius 1 is 1.26 bits per heavy atom. The van der Waals surface area contributed by atoms with Gasteiger partial charge in [-0.1, -0.05) is 33.8 Å². The maximum Gasteiger partial charge on any atom is 0.242 e. The molecule has 0 aliphatic heterocycles. The van der Waals surface area contributed by atoms with Crippen LogP contribution in [-0.4, -0.2) is 21.9 Å². The second kappa shape index (κ2) is 7.66. The Balaban J connectivity index is 2.11. The molecule has 0 spiro atoms. The lowest BCUT2D eigenvalue weighted by Gasteiger charge is -2.13. The molecule has 0 unspecified atom stereocenters.